The van der Waals surface area contributed by atoms with E-state index in [0.29, 0.717) is 25.9 Å². The molecule has 31 heavy (non-hydrogen) atoms. The van der Waals surface area contributed by atoms with Crippen molar-refractivity contribution < 1.29 is 14.4 Å². The lowest BCUT2D eigenvalue weighted by atomic mass is 9.72. The Kier molecular flexibility index (Phi) is 6.87. The maximum Gasteiger partial charge on any atom is 0.259 e. The summed E-state index contributed by atoms with van der Waals surface area (Å²) in [5.74, 6) is -0.334. The van der Waals surface area contributed by atoms with Gasteiger partial charge in [0.2, 0.25) is 5.91 Å². The second-order valence-corrected chi connectivity index (χ2v) is 8.46. The fourth-order valence-electron chi connectivity index (χ4n) is 4.66. The summed E-state index contributed by atoms with van der Waals surface area (Å²) in [6.45, 7) is 3.10. The van der Waals surface area contributed by atoms with Crippen molar-refractivity contribution in [2.45, 2.75) is 38.7 Å². The molecule has 1 N–H and O–H groups in total. The first kappa shape index (κ1) is 21.4. The van der Waals surface area contributed by atoms with Crippen LogP contribution in [-0.2, 0) is 21.0 Å². The number of carbonyl (C=O) groups is 2. The van der Waals surface area contributed by atoms with Crippen LogP contribution in [0.5, 0.6) is 0 Å². The first-order chi connectivity index (χ1) is 15.2. The number of hydrogen-bond donors (Lipinski definition) is 1. The van der Waals surface area contributed by atoms with E-state index in [-0.39, 0.29) is 18.4 Å². The number of carbonyl (C=O) groups excluding carboxylic acids is 2. The van der Waals surface area contributed by atoms with E-state index in [0.717, 1.165) is 37.9 Å². The molecule has 164 valence electrons. The summed E-state index contributed by atoms with van der Waals surface area (Å²) in [7, 11) is 0. The highest BCUT2D eigenvalue weighted by molar-refractivity contribution is 6.04. The maximum absolute atomic E-state index is 13.6. The van der Waals surface area contributed by atoms with E-state index in [1.54, 1.807) is 0 Å². The predicted molar refractivity (Wildman–Crippen MR) is 120 cm³/mol. The van der Waals surface area contributed by atoms with Gasteiger partial charge < -0.3 is 9.80 Å². The standard InChI is InChI=1S/C25H31N3O3/c29-23(26-31-20-21-10-4-1-5-11-21)25(14-8-3-9-15-25)24(30)28-18-16-27(17-19-28)22-12-6-2-7-13-22/h1-2,4-7,10-13H,3,8-9,14-20H2,(H,26,29). The van der Waals surface area contributed by atoms with Gasteiger partial charge in [0.25, 0.3) is 5.91 Å². The molecule has 6 heteroatoms. The third kappa shape index (κ3) is 4.90. The Morgan fingerprint density at radius 2 is 1.45 bits per heavy atom. The van der Waals surface area contributed by atoms with E-state index in [9.17, 15) is 9.59 Å². The van der Waals surface area contributed by atoms with Gasteiger partial charge in [-0.3, -0.25) is 14.4 Å². The number of piperazine rings is 1. The zero-order valence-corrected chi connectivity index (χ0v) is 18.0. The first-order valence-corrected chi connectivity index (χ1v) is 11.2. The number of nitrogens with one attached hydrogen (secondary N) is 1. The molecule has 0 spiro atoms. The van der Waals surface area contributed by atoms with Crippen LogP contribution in [0.15, 0.2) is 60.7 Å². The summed E-state index contributed by atoms with van der Waals surface area (Å²) < 4.78 is 0. The van der Waals surface area contributed by atoms with Crippen molar-refractivity contribution in [3.05, 3.63) is 66.2 Å². The van der Waals surface area contributed by atoms with E-state index >= 15 is 0 Å². The minimum Gasteiger partial charge on any atom is -0.368 e. The monoisotopic (exact) mass is 421 g/mol. The molecule has 2 fully saturated rings. The average molecular weight is 422 g/mol. The van der Waals surface area contributed by atoms with Crippen LogP contribution < -0.4 is 10.4 Å². The Morgan fingerprint density at radius 3 is 2.10 bits per heavy atom. The minimum absolute atomic E-state index is 0.0410. The van der Waals surface area contributed by atoms with Gasteiger partial charge >= 0.3 is 0 Å². The molecular weight excluding hydrogens is 390 g/mol. The zero-order chi connectivity index (χ0) is 21.5. The quantitative estimate of drug-likeness (QED) is 0.573. The molecule has 1 saturated carbocycles. The van der Waals surface area contributed by atoms with Gasteiger partial charge in [0.15, 0.2) is 0 Å². The fraction of sp³-hybridized carbons (Fsp3) is 0.440. The first-order valence-electron chi connectivity index (χ1n) is 11.2. The molecule has 6 nitrogen and oxygen atoms in total. The summed E-state index contributed by atoms with van der Waals surface area (Å²) in [5.41, 5.74) is 3.74. The fourth-order valence-corrected chi connectivity index (χ4v) is 4.66. The van der Waals surface area contributed by atoms with Crippen molar-refractivity contribution in [3.8, 4) is 0 Å². The van der Waals surface area contributed by atoms with E-state index in [1.165, 1.54) is 5.69 Å². The third-order valence-corrected chi connectivity index (χ3v) is 6.49. The molecule has 1 aliphatic heterocycles. The summed E-state index contributed by atoms with van der Waals surface area (Å²) >= 11 is 0. The number of hydrogen-bond acceptors (Lipinski definition) is 4. The van der Waals surface area contributed by atoms with E-state index < -0.39 is 5.41 Å². The van der Waals surface area contributed by atoms with Crippen molar-refractivity contribution in [1.29, 1.82) is 0 Å². The number of nitrogens with zero attached hydrogens (tertiary/aromatic N) is 2. The molecule has 2 aromatic carbocycles. The number of hydroxylamine groups is 1. The molecule has 2 aromatic rings. The van der Waals surface area contributed by atoms with Gasteiger partial charge in [-0.15, -0.1) is 0 Å². The van der Waals surface area contributed by atoms with Crippen molar-refractivity contribution in [2.75, 3.05) is 31.1 Å². The average Bonchev–Trinajstić information content (AvgIpc) is 2.85. The van der Waals surface area contributed by atoms with Crippen LogP contribution in [0.2, 0.25) is 0 Å². The highest BCUT2D eigenvalue weighted by atomic mass is 16.6. The highest BCUT2D eigenvalue weighted by Gasteiger charge is 2.49. The molecule has 1 aliphatic carbocycles. The molecule has 2 amide bonds. The lowest BCUT2D eigenvalue weighted by Gasteiger charge is -2.42. The van der Waals surface area contributed by atoms with Crippen LogP contribution in [0.3, 0.4) is 0 Å². The molecule has 2 aliphatic rings. The van der Waals surface area contributed by atoms with Crippen LogP contribution in [0.1, 0.15) is 37.7 Å². The second kappa shape index (κ2) is 9.96. The molecule has 4 rings (SSSR count). The van der Waals surface area contributed by atoms with Gasteiger partial charge in [0, 0.05) is 31.9 Å². The molecule has 0 atom stereocenters. The Labute approximate surface area is 184 Å². The lowest BCUT2D eigenvalue weighted by molar-refractivity contribution is -0.161. The van der Waals surface area contributed by atoms with Gasteiger partial charge in [-0.05, 0) is 30.5 Å². The predicted octanol–water partition coefficient (Wildman–Crippen LogP) is 3.53. The third-order valence-electron chi connectivity index (χ3n) is 6.49. The molecule has 0 radical (unpaired) electrons. The molecular formula is C25H31N3O3. The zero-order valence-electron chi connectivity index (χ0n) is 18.0. The topological polar surface area (TPSA) is 61.9 Å². The largest absolute Gasteiger partial charge is 0.368 e. The van der Waals surface area contributed by atoms with Crippen LogP contribution in [0.25, 0.3) is 0 Å². The van der Waals surface area contributed by atoms with Crippen molar-refractivity contribution in [2.24, 2.45) is 5.41 Å². The SMILES string of the molecule is O=C(NOCc1ccccc1)C1(C(=O)N2CCN(c3ccccc3)CC2)CCCCC1. The van der Waals surface area contributed by atoms with Gasteiger partial charge in [-0.2, -0.15) is 0 Å². The Balaban J connectivity index is 1.38. The number of para-hydroxylation sites is 1. The molecule has 0 aromatic heterocycles. The Morgan fingerprint density at radius 1 is 0.839 bits per heavy atom. The smallest absolute Gasteiger partial charge is 0.259 e. The Hall–Kier alpha value is -2.86. The summed E-state index contributed by atoms with van der Waals surface area (Å²) in [5, 5.41) is 0. The van der Waals surface area contributed by atoms with Gasteiger partial charge in [-0.25, -0.2) is 5.48 Å². The van der Waals surface area contributed by atoms with Crippen LogP contribution in [0, 0.1) is 5.41 Å². The lowest BCUT2D eigenvalue weighted by Crippen LogP contribution is -2.58. The van der Waals surface area contributed by atoms with Crippen LogP contribution >= 0.6 is 0 Å². The van der Waals surface area contributed by atoms with Crippen molar-refractivity contribution in [1.82, 2.24) is 10.4 Å². The highest BCUT2D eigenvalue weighted by Crippen LogP contribution is 2.39. The molecule has 0 unspecified atom stereocenters. The Bertz CT molecular complexity index is 858. The molecule has 1 heterocycles. The maximum atomic E-state index is 13.6. The van der Waals surface area contributed by atoms with Crippen LogP contribution in [-0.4, -0.2) is 42.9 Å². The van der Waals surface area contributed by atoms with E-state index in [4.69, 9.17) is 4.84 Å². The van der Waals surface area contributed by atoms with Gasteiger partial charge in [0.05, 0.1) is 6.61 Å². The van der Waals surface area contributed by atoms with Gasteiger partial charge in [0.1, 0.15) is 5.41 Å². The van der Waals surface area contributed by atoms with Crippen molar-refractivity contribution >= 4 is 17.5 Å². The van der Waals surface area contributed by atoms with Crippen molar-refractivity contribution in [3.63, 3.8) is 0 Å². The number of benzene rings is 2. The summed E-state index contributed by atoms with van der Waals surface area (Å²) in [4.78, 5) is 36.4. The van der Waals surface area contributed by atoms with E-state index in [1.807, 2.05) is 53.4 Å². The van der Waals surface area contributed by atoms with E-state index in [2.05, 4.69) is 22.5 Å². The summed E-state index contributed by atoms with van der Waals surface area (Å²) in [6.07, 6.45) is 4.02. The van der Waals surface area contributed by atoms with Gasteiger partial charge in [-0.1, -0.05) is 67.8 Å². The number of amides is 2. The molecule has 1 saturated heterocycles. The normalized spacial score (nSPS) is 18.5. The second-order valence-electron chi connectivity index (χ2n) is 8.46. The number of anilines is 1. The minimum atomic E-state index is -1.01. The van der Waals surface area contributed by atoms with Crippen LogP contribution in [0.4, 0.5) is 5.69 Å². The molecule has 0 bridgehead atoms. The summed E-state index contributed by atoms with van der Waals surface area (Å²) in [6, 6.07) is 20.0. The number of rotatable bonds is 6.